The summed E-state index contributed by atoms with van der Waals surface area (Å²) in [4.78, 5) is 0. The zero-order chi connectivity index (χ0) is 42.5. The summed E-state index contributed by atoms with van der Waals surface area (Å²) in [5.41, 5.74) is 21.1. The molecule has 0 bridgehead atoms. The van der Waals surface area contributed by atoms with Crippen molar-refractivity contribution in [3.63, 3.8) is 0 Å². The second-order valence-corrected chi connectivity index (χ2v) is 19.1. The molecule has 2 heterocycles. The second kappa shape index (κ2) is 14.2. The van der Waals surface area contributed by atoms with Gasteiger partial charge in [0, 0.05) is 38.9 Å². The maximum absolute atomic E-state index is 4.04. The second-order valence-electron chi connectivity index (χ2n) is 19.1. The van der Waals surface area contributed by atoms with Crippen LogP contribution < -0.4 is 16.2 Å². The number of rotatable bonds is 6. The smallest absolute Gasteiger partial charge is 0.197 e. The molecule has 2 aliphatic rings. The molecule has 63 heavy (non-hydrogen) atoms. The van der Waals surface area contributed by atoms with E-state index in [-0.39, 0.29) is 10.8 Å². The van der Waals surface area contributed by atoms with Crippen LogP contribution in [0.3, 0.4) is 0 Å². The van der Waals surface area contributed by atoms with Crippen LogP contribution in [0.4, 0.5) is 11.4 Å². The topological polar surface area (TPSA) is 17.0 Å². The van der Waals surface area contributed by atoms with Crippen molar-refractivity contribution < 1.29 is 0 Å². The van der Waals surface area contributed by atoms with Gasteiger partial charge in [0.15, 0.2) is 7.28 Å². The Morgan fingerprint density at radius 3 is 1.73 bits per heavy atom. The van der Waals surface area contributed by atoms with Crippen molar-refractivity contribution >= 4 is 62.2 Å². The van der Waals surface area contributed by atoms with E-state index in [9.17, 15) is 0 Å². The first kappa shape index (κ1) is 37.6. The van der Waals surface area contributed by atoms with E-state index in [1.54, 1.807) is 0 Å². The van der Waals surface area contributed by atoms with E-state index in [0.717, 1.165) is 11.4 Å². The number of fused-ring (bicyclic) bond motifs is 7. The largest absolute Gasteiger partial charge is 0.355 e. The fourth-order valence-corrected chi connectivity index (χ4v) is 10.7. The molecule has 9 aromatic carbocycles. The normalized spacial score (nSPS) is 14.6. The summed E-state index contributed by atoms with van der Waals surface area (Å²) in [6.07, 6.45) is 2.37. The fourth-order valence-electron chi connectivity index (χ4n) is 10.7. The number of aromatic nitrogens is 1. The molecular formula is C60H48BN2. The van der Waals surface area contributed by atoms with Gasteiger partial charge in [-0.15, -0.1) is 0 Å². The minimum Gasteiger partial charge on any atom is -0.355 e. The van der Waals surface area contributed by atoms with Crippen LogP contribution in [0, 0.1) is 0 Å². The molecule has 301 valence electrons. The zero-order valence-corrected chi connectivity index (χ0v) is 36.3. The van der Waals surface area contributed by atoms with Crippen molar-refractivity contribution in [1.29, 1.82) is 0 Å². The summed E-state index contributed by atoms with van der Waals surface area (Å²) < 4.78 is 2.55. The molecule has 1 radical (unpaired) electrons. The fraction of sp³-hybridized carbons (Fsp3) is 0.133. The van der Waals surface area contributed by atoms with Gasteiger partial charge in [-0.05, 0) is 145 Å². The van der Waals surface area contributed by atoms with Crippen LogP contribution in [0.15, 0.2) is 188 Å². The Balaban J connectivity index is 1.13. The van der Waals surface area contributed by atoms with E-state index in [0.29, 0.717) is 0 Å². The van der Waals surface area contributed by atoms with Crippen LogP contribution in [-0.4, -0.2) is 11.8 Å². The number of benzene rings is 9. The van der Waals surface area contributed by atoms with Gasteiger partial charge in [0.2, 0.25) is 0 Å². The number of hydrogen-bond acceptors (Lipinski definition) is 1. The van der Waals surface area contributed by atoms with E-state index in [4.69, 9.17) is 0 Å². The van der Waals surface area contributed by atoms with E-state index >= 15 is 0 Å². The third kappa shape index (κ3) is 6.24. The minimum absolute atomic E-state index is 0.103. The molecule has 0 unspecified atom stereocenters. The molecule has 2 nitrogen and oxygen atoms in total. The van der Waals surface area contributed by atoms with E-state index < -0.39 is 0 Å². The monoisotopic (exact) mass is 807 g/mol. The Hall–Kier alpha value is -7.10. The van der Waals surface area contributed by atoms with Gasteiger partial charge >= 0.3 is 0 Å². The molecule has 0 atom stereocenters. The lowest BCUT2D eigenvalue weighted by Gasteiger charge is -2.42. The molecule has 0 spiro atoms. The number of nitrogens with one attached hydrogen (secondary N) is 1. The van der Waals surface area contributed by atoms with Crippen molar-refractivity contribution in [2.75, 3.05) is 5.32 Å². The number of nitrogens with zero attached hydrogens (tertiary/aromatic N) is 1. The van der Waals surface area contributed by atoms with E-state index in [1.165, 1.54) is 118 Å². The van der Waals surface area contributed by atoms with Crippen molar-refractivity contribution in [2.45, 2.75) is 51.4 Å². The first-order valence-corrected chi connectivity index (χ1v) is 22.5. The third-order valence-corrected chi connectivity index (χ3v) is 14.2. The Bertz CT molecular complexity index is 3430. The lowest BCUT2D eigenvalue weighted by Crippen LogP contribution is -2.37. The van der Waals surface area contributed by atoms with Crippen molar-refractivity contribution in [2.24, 2.45) is 0 Å². The van der Waals surface area contributed by atoms with E-state index in [2.05, 4.69) is 233 Å². The maximum Gasteiger partial charge on any atom is 0.197 e. The average Bonchev–Trinajstić information content (AvgIpc) is 3.65. The first-order valence-electron chi connectivity index (χ1n) is 22.5. The van der Waals surface area contributed by atoms with Crippen molar-refractivity contribution in [1.82, 2.24) is 4.57 Å². The van der Waals surface area contributed by atoms with Crippen LogP contribution in [0.25, 0.3) is 82.8 Å². The molecular weight excluding hydrogens is 759 g/mol. The molecule has 1 aromatic heterocycles. The molecule has 10 aromatic rings. The maximum atomic E-state index is 4.04. The molecule has 1 aliphatic heterocycles. The Morgan fingerprint density at radius 1 is 0.460 bits per heavy atom. The molecule has 12 rings (SSSR count). The lowest BCUT2D eigenvalue weighted by atomic mass is 9.58. The van der Waals surface area contributed by atoms with Gasteiger partial charge in [0.1, 0.15) is 0 Å². The summed E-state index contributed by atoms with van der Waals surface area (Å²) >= 11 is 0. The molecule has 0 saturated carbocycles. The van der Waals surface area contributed by atoms with E-state index in [1.807, 2.05) is 0 Å². The van der Waals surface area contributed by atoms with Gasteiger partial charge in [-0.1, -0.05) is 167 Å². The standard InChI is InChI=1S/C60H48BN2/c1-59(2)28-29-60(3,4)52-37-46(25-26-51(52)59)62-54-35-42-23-15-14-22-41(42)30-47(54)49-32-45(40-20-12-7-13-21-40)36-56-57(49)61-53-34-44(39-18-10-6-11-19-39)33-50-48-31-43(38-16-8-5-9-17-38)24-27-55(48)63(56)58(50)53/h5-27,30-37,62H,28-29H2,1-4H3. The molecule has 0 fully saturated rings. The Kier molecular flexibility index (Phi) is 8.50. The lowest BCUT2D eigenvalue weighted by molar-refractivity contribution is 0.332. The molecule has 3 heteroatoms. The number of anilines is 2. The van der Waals surface area contributed by atoms with Gasteiger partial charge in [-0.2, -0.15) is 0 Å². The molecule has 1 N–H and O–H groups in total. The van der Waals surface area contributed by atoms with Crippen LogP contribution >= 0.6 is 0 Å². The average molecular weight is 808 g/mol. The molecule has 0 amide bonds. The first-order chi connectivity index (χ1) is 30.7. The SMILES string of the molecule is CC1(C)CCC(C)(C)c2cc(Nc3cc4ccccc4cc3-c3cc(-c4ccccc4)cc4c3[B]c3cc(-c5ccccc5)cc5c6cc(-c7ccccc7)ccc6n-4c35)ccc21. The highest BCUT2D eigenvalue weighted by Crippen LogP contribution is 2.48. The summed E-state index contributed by atoms with van der Waals surface area (Å²) in [5.74, 6) is 0. The number of hydrogen-bond donors (Lipinski definition) is 1. The minimum atomic E-state index is 0.103. The van der Waals surface area contributed by atoms with Crippen LogP contribution in [0.5, 0.6) is 0 Å². The van der Waals surface area contributed by atoms with Crippen LogP contribution in [0.2, 0.25) is 0 Å². The van der Waals surface area contributed by atoms with Gasteiger partial charge in [0.05, 0.1) is 5.52 Å². The van der Waals surface area contributed by atoms with Gasteiger partial charge in [0.25, 0.3) is 0 Å². The highest BCUT2D eigenvalue weighted by Gasteiger charge is 2.37. The highest BCUT2D eigenvalue weighted by atomic mass is 15.0. The molecule has 0 saturated heterocycles. The zero-order valence-electron chi connectivity index (χ0n) is 36.3. The summed E-state index contributed by atoms with van der Waals surface area (Å²) in [7, 11) is 2.47. The van der Waals surface area contributed by atoms with Gasteiger partial charge in [-0.3, -0.25) is 0 Å². The van der Waals surface area contributed by atoms with Gasteiger partial charge < -0.3 is 9.88 Å². The van der Waals surface area contributed by atoms with Gasteiger partial charge in [-0.25, -0.2) is 0 Å². The quantitative estimate of drug-likeness (QED) is 0.166. The third-order valence-electron chi connectivity index (χ3n) is 14.2. The summed E-state index contributed by atoms with van der Waals surface area (Å²) in [6.45, 7) is 9.63. The molecule has 1 aliphatic carbocycles. The predicted molar refractivity (Wildman–Crippen MR) is 270 cm³/mol. The summed E-state index contributed by atoms with van der Waals surface area (Å²) in [6, 6.07) is 69.9. The van der Waals surface area contributed by atoms with Crippen LogP contribution in [0.1, 0.15) is 51.7 Å². The highest BCUT2D eigenvalue weighted by molar-refractivity contribution is 6.73. The van der Waals surface area contributed by atoms with Crippen molar-refractivity contribution in [3.8, 4) is 50.2 Å². The Morgan fingerprint density at radius 2 is 1.05 bits per heavy atom. The Labute approximate surface area is 371 Å². The van der Waals surface area contributed by atoms with Crippen LogP contribution in [-0.2, 0) is 10.8 Å². The van der Waals surface area contributed by atoms with Crippen molar-refractivity contribution in [3.05, 3.63) is 199 Å². The summed E-state index contributed by atoms with van der Waals surface area (Å²) in [5, 5.41) is 8.99. The predicted octanol–water partition coefficient (Wildman–Crippen LogP) is 14.7.